The number of aromatic nitrogens is 3. The number of H-pyrrole nitrogens is 1. The second-order valence-corrected chi connectivity index (χ2v) is 14.4. The highest BCUT2D eigenvalue weighted by Crippen LogP contribution is 2.48. The summed E-state index contributed by atoms with van der Waals surface area (Å²) >= 11 is 0. The van der Waals surface area contributed by atoms with E-state index in [1.54, 1.807) is 13.4 Å². The van der Waals surface area contributed by atoms with Crippen molar-refractivity contribution < 1.29 is 9.59 Å². The Morgan fingerprint density at radius 2 is 1.84 bits per heavy atom. The van der Waals surface area contributed by atoms with Gasteiger partial charge in [-0.2, -0.15) is 0 Å². The highest BCUT2D eigenvalue weighted by molar-refractivity contribution is 6.09. The van der Waals surface area contributed by atoms with Crippen LogP contribution in [0.3, 0.4) is 0 Å². The Hall–Kier alpha value is -4.24. The summed E-state index contributed by atoms with van der Waals surface area (Å²) in [5.41, 5.74) is 7.36. The van der Waals surface area contributed by atoms with E-state index in [1.165, 1.54) is 12.8 Å². The van der Waals surface area contributed by atoms with Crippen LogP contribution in [0.1, 0.15) is 74.9 Å². The Balaban J connectivity index is 1.20. The number of pyridine rings is 1. The molecule has 2 aliphatic heterocycles. The lowest BCUT2D eigenvalue weighted by Gasteiger charge is -2.50. The van der Waals surface area contributed by atoms with Gasteiger partial charge in [0.2, 0.25) is 5.91 Å². The molecule has 1 aliphatic carbocycles. The van der Waals surface area contributed by atoms with Gasteiger partial charge >= 0.3 is 0 Å². The normalized spacial score (nSPS) is 22.3. The molecule has 0 unspecified atom stereocenters. The molecular formula is C36H43N7O2. The average molecular weight is 606 g/mol. The van der Waals surface area contributed by atoms with E-state index in [4.69, 9.17) is 4.98 Å². The number of anilines is 3. The predicted molar refractivity (Wildman–Crippen MR) is 179 cm³/mol. The fraction of sp³-hybridized carbons (Fsp3) is 0.444. The molecule has 3 aliphatic rings. The summed E-state index contributed by atoms with van der Waals surface area (Å²) in [5.74, 6) is 0.638. The van der Waals surface area contributed by atoms with E-state index >= 15 is 0 Å². The smallest absolute Gasteiger partial charge is 0.251 e. The van der Waals surface area contributed by atoms with Gasteiger partial charge in [0.25, 0.3) is 5.91 Å². The van der Waals surface area contributed by atoms with Crippen LogP contribution >= 0.6 is 0 Å². The molecule has 7 rings (SSSR count). The molecule has 0 radical (unpaired) electrons. The molecule has 45 heavy (non-hydrogen) atoms. The highest BCUT2D eigenvalue weighted by Gasteiger charge is 2.50. The Morgan fingerprint density at radius 1 is 1.04 bits per heavy atom. The lowest BCUT2D eigenvalue weighted by Crippen LogP contribution is -2.58. The van der Waals surface area contributed by atoms with Crippen LogP contribution in [-0.2, 0) is 10.2 Å². The fourth-order valence-electron chi connectivity index (χ4n) is 7.55. The van der Waals surface area contributed by atoms with Gasteiger partial charge in [0.05, 0.1) is 23.0 Å². The number of aromatic amines is 1. The second kappa shape index (κ2) is 10.7. The number of benzene rings is 2. The average Bonchev–Trinajstić information content (AvgIpc) is 3.54. The summed E-state index contributed by atoms with van der Waals surface area (Å²) in [5, 5.41) is 6.12. The number of rotatable bonds is 6. The van der Waals surface area contributed by atoms with Gasteiger partial charge < -0.3 is 20.5 Å². The van der Waals surface area contributed by atoms with Gasteiger partial charge in [-0.3, -0.25) is 14.5 Å². The molecule has 0 bridgehead atoms. The third-order valence-corrected chi connectivity index (χ3v) is 10.3. The van der Waals surface area contributed by atoms with Crippen molar-refractivity contribution in [3.8, 4) is 11.3 Å². The van der Waals surface area contributed by atoms with Crippen molar-refractivity contribution in [1.29, 1.82) is 0 Å². The van der Waals surface area contributed by atoms with Gasteiger partial charge in [0.1, 0.15) is 5.52 Å². The molecule has 9 heteroatoms. The van der Waals surface area contributed by atoms with Gasteiger partial charge in [0, 0.05) is 48.2 Å². The van der Waals surface area contributed by atoms with Crippen LogP contribution in [0.2, 0.25) is 0 Å². The standard InChI is InChI=1S/C36H43N7O2/c1-21-8-10-23(15-26(21)33(44)37-6)40-32-31-29(38-20-39-31)18-28(41-32)22-9-11-27-30(14-22)43(34(45)36(27,4)5)25-16-24(17-25)42-13-7-12-35(2,3)19-42/h8-11,14-15,18,20,24-25H,7,12-13,16-17,19H2,1-6H3,(H,37,44)(H,38,39)(H,40,41). The quantitative estimate of drug-likeness (QED) is 0.238. The van der Waals surface area contributed by atoms with E-state index in [2.05, 4.69) is 62.4 Å². The molecule has 2 fully saturated rings. The van der Waals surface area contributed by atoms with Gasteiger partial charge in [-0.05, 0) is 93.8 Å². The zero-order valence-electron chi connectivity index (χ0n) is 27.1. The van der Waals surface area contributed by atoms with Crippen LogP contribution in [0.4, 0.5) is 17.2 Å². The zero-order chi connectivity index (χ0) is 31.7. The maximum atomic E-state index is 13.9. The van der Waals surface area contributed by atoms with Crippen molar-refractivity contribution in [3.63, 3.8) is 0 Å². The number of likely N-dealkylation sites (tertiary alicyclic amines) is 1. The summed E-state index contributed by atoms with van der Waals surface area (Å²) < 4.78 is 0. The molecule has 4 aromatic rings. The zero-order valence-corrected chi connectivity index (χ0v) is 27.1. The van der Waals surface area contributed by atoms with E-state index in [0.29, 0.717) is 28.4 Å². The van der Waals surface area contributed by atoms with E-state index in [-0.39, 0.29) is 17.9 Å². The summed E-state index contributed by atoms with van der Waals surface area (Å²) in [6.07, 6.45) is 6.23. The topological polar surface area (TPSA) is 106 Å². The number of piperidine rings is 1. The molecule has 9 nitrogen and oxygen atoms in total. The first-order valence-corrected chi connectivity index (χ1v) is 16.1. The minimum absolute atomic E-state index is 0.138. The number of carbonyl (C=O) groups excluding carboxylic acids is 2. The van der Waals surface area contributed by atoms with Crippen molar-refractivity contribution in [2.24, 2.45) is 5.41 Å². The molecule has 2 amide bonds. The number of nitrogens with one attached hydrogen (secondary N) is 3. The lowest BCUT2D eigenvalue weighted by atomic mass is 9.78. The molecule has 1 saturated carbocycles. The Kier molecular flexibility index (Phi) is 7.00. The summed E-state index contributed by atoms with van der Waals surface area (Å²) in [6, 6.07) is 14.8. The van der Waals surface area contributed by atoms with Crippen LogP contribution in [0.25, 0.3) is 22.3 Å². The summed E-state index contributed by atoms with van der Waals surface area (Å²) in [4.78, 5) is 43.9. The largest absolute Gasteiger partial charge is 0.355 e. The number of aryl methyl sites for hydroxylation is 1. The molecule has 2 aromatic carbocycles. The van der Waals surface area contributed by atoms with E-state index in [9.17, 15) is 9.59 Å². The van der Waals surface area contributed by atoms with Crippen molar-refractivity contribution in [2.75, 3.05) is 30.4 Å². The molecule has 4 heterocycles. The lowest BCUT2D eigenvalue weighted by molar-refractivity contribution is -0.123. The number of hydrogen-bond acceptors (Lipinski definition) is 6. The molecule has 0 spiro atoms. The van der Waals surface area contributed by atoms with Gasteiger partial charge in [-0.1, -0.05) is 32.0 Å². The maximum Gasteiger partial charge on any atom is 0.251 e. The first kappa shape index (κ1) is 29.5. The number of nitrogens with zero attached hydrogens (tertiary/aromatic N) is 4. The summed E-state index contributed by atoms with van der Waals surface area (Å²) in [7, 11) is 1.63. The van der Waals surface area contributed by atoms with E-state index < -0.39 is 5.41 Å². The first-order valence-electron chi connectivity index (χ1n) is 16.1. The van der Waals surface area contributed by atoms with Crippen LogP contribution in [0, 0.1) is 12.3 Å². The third kappa shape index (κ3) is 5.07. The van der Waals surface area contributed by atoms with E-state index in [0.717, 1.165) is 65.2 Å². The third-order valence-electron chi connectivity index (χ3n) is 10.3. The van der Waals surface area contributed by atoms with Crippen LogP contribution in [0.5, 0.6) is 0 Å². The van der Waals surface area contributed by atoms with Crippen molar-refractivity contribution in [2.45, 2.75) is 77.8 Å². The summed E-state index contributed by atoms with van der Waals surface area (Å²) in [6.45, 7) is 13.1. The van der Waals surface area contributed by atoms with Gasteiger partial charge in [0.15, 0.2) is 5.82 Å². The Bertz CT molecular complexity index is 1820. The number of imidazole rings is 1. The van der Waals surface area contributed by atoms with Gasteiger partial charge in [-0.25, -0.2) is 9.97 Å². The van der Waals surface area contributed by atoms with Crippen molar-refractivity contribution >= 4 is 40.0 Å². The van der Waals surface area contributed by atoms with Crippen molar-refractivity contribution in [3.05, 3.63) is 65.5 Å². The highest BCUT2D eigenvalue weighted by atomic mass is 16.2. The fourth-order valence-corrected chi connectivity index (χ4v) is 7.55. The first-order chi connectivity index (χ1) is 21.4. The van der Waals surface area contributed by atoms with Crippen LogP contribution in [0.15, 0.2) is 48.8 Å². The molecule has 0 atom stereocenters. The molecule has 234 valence electrons. The molecular weight excluding hydrogens is 562 g/mol. The second-order valence-electron chi connectivity index (χ2n) is 14.4. The Labute approximate surface area is 264 Å². The molecule has 2 aromatic heterocycles. The minimum atomic E-state index is -0.576. The predicted octanol–water partition coefficient (Wildman–Crippen LogP) is 6.31. The number of hydrogen-bond donors (Lipinski definition) is 3. The number of amides is 2. The van der Waals surface area contributed by atoms with E-state index in [1.807, 2.05) is 45.0 Å². The minimum Gasteiger partial charge on any atom is -0.355 e. The Morgan fingerprint density at radius 3 is 2.60 bits per heavy atom. The monoisotopic (exact) mass is 605 g/mol. The molecule has 3 N–H and O–H groups in total. The van der Waals surface area contributed by atoms with Gasteiger partial charge in [-0.15, -0.1) is 0 Å². The number of carbonyl (C=O) groups is 2. The SMILES string of the molecule is CNC(=O)c1cc(Nc2nc(-c3ccc4c(c3)N(C3CC(N5CCCC(C)(C)C5)C3)C(=O)C4(C)C)cc3[nH]cnc23)ccc1C. The molecule has 1 saturated heterocycles. The maximum absolute atomic E-state index is 13.9. The van der Waals surface area contributed by atoms with Crippen LogP contribution < -0.4 is 15.5 Å². The van der Waals surface area contributed by atoms with Crippen molar-refractivity contribution in [1.82, 2.24) is 25.2 Å². The van der Waals surface area contributed by atoms with Crippen LogP contribution in [-0.4, -0.2) is 63.9 Å². The number of fused-ring (bicyclic) bond motifs is 2.